The van der Waals surface area contributed by atoms with E-state index < -0.39 is 37.4 Å². The van der Waals surface area contributed by atoms with Crippen molar-refractivity contribution in [2.24, 2.45) is 0 Å². The standard InChI is InChI=1S/C22H29F3N4O5Si/c1-35(2,3)10-9-33-14-29-20(30)19(22(23,24)25)18(12-27-29)28-8-4-5-15(28)13-34-16-6-7-26-17(11-16)21(31)32/h6-7,11-12,15H,4-5,8-10,13-14H2,1-3H3,(H,31,32)/t15-/m0/s1. The summed E-state index contributed by atoms with van der Waals surface area (Å²) in [4.78, 5) is 29.0. The maximum Gasteiger partial charge on any atom is 0.423 e. The molecule has 3 rings (SSSR count). The predicted molar refractivity (Wildman–Crippen MR) is 125 cm³/mol. The Morgan fingerprint density at radius 1 is 1.31 bits per heavy atom. The Morgan fingerprint density at radius 3 is 2.71 bits per heavy atom. The van der Waals surface area contributed by atoms with Gasteiger partial charge in [-0.2, -0.15) is 18.3 Å². The van der Waals surface area contributed by atoms with Crippen molar-refractivity contribution in [3.63, 3.8) is 0 Å². The van der Waals surface area contributed by atoms with Crippen molar-refractivity contribution in [3.05, 3.63) is 46.1 Å². The molecular weight excluding hydrogens is 485 g/mol. The van der Waals surface area contributed by atoms with Crippen LogP contribution in [0.25, 0.3) is 0 Å². The van der Waals surface area contributed by atoms with Crippen molar-refractivity contribution in [1.29, 1.82) is 0 Å². The molecule has 35 heavy (non-hydrogen) atoms. The second-order valence-corrected chi connectivity index (χ2v) is 15.2. The molecule has 2 aromatic heterocycles. The molecule has 1 fully saturated rings. The lowest BCUT2D eigenvalue weighted by Gasteiger charge is -2.29. The first-order chi connectivity index (χ1) is 16.4. The molecule has 1 aliphatic rings. The molecule has 3 heterocycles. The molecule has 0 saturated carbocycles. The van der Waals surface area contributed by atoms with E-state index in [9.17, 15) is 22.8 Å². The molecule has 2 aromatic rings. The molecule has 13 heteroatoms. The fourth-order valence-corrected chi connectivity index (χ4v) is 4.48. The van der Waals surface area contributed by atoms with E-state index in [4.69, 9.17) is 14.6 Å². The lowest BCUT2D eigenvalue weighted by Crippen LogP contribution is -2.40. The van der Waals surface area contributed by atoms with Crippen LogP contribution in [0, 0.1) is 0 Å². The van der Waals surface area contributed by atoms with Gasteiger partial charge in [0.1, 0.15) is 24.7 Å². The smallest absolute Gasteiger partial charge is 0.423 e. The molecular formula is C22H29F3N4O5Si. The van der Waals surface area contributed by atoms with Gasteiger partial charge in [-0.15, -0.1) is 0 Å². The minimum Gasteiger partial charge on any atom is -0.491 e. The van der Waals surface area contributed by atoms with Gasteiger partial charge in [-0.25, -0.2) is 14.5 Å². The highest BCUT2D eigenvalue weighted by Crippen LogP contribution is 2.36. The summed E-state index contributed by atoms with van der Waals surface area (Å²) in [7, 11) is -1.39. The summed E-state index contributed by atoms with van der Waals surface area (Å²) in [5.74, 6) is -0.979. The Kier molecular flexibility index (Phi) is 8.21. The van der Waals surface area contributed by atoms with Gasteiger partial charge in [0, 0.05) is 33.5 Å². The minimum absolute atomic E-state index is 0.00323. The van der Waals surface area contributed by atoms with Crippen LogP contribution in [0.3, 0.4) is 0 Å². The topological polar surface area (TPSA) is 107 Å². The van der Waals surface area contributed by atoms with Gasteiger partial charge in [0.05, 0.1) is 17.9 Å². The molecule has 0 aliphatic carbocycles. The number of nitrogens with zero attached hydrogens (tertiary/aromatic N) is 4. The maximum absolute atomic E-state index is 14.0. The molecule has 1 N–H and O–H groups in total. The van der Waals surface area contributed by atoms with Crippen LogP contribution < -0.4 is 15.2 Å². The molecule has 1 atom stereocenters. The maximum atomic E-state index is 14.0. The number of anilines is 1. The van der Waals surface area contributed by atoms with Crippen LogP contribution in [-0.2, 0) is 17.6 Å². The van der Waals surface area contributed by atoms with E-state index in [-0.39, 0.29) is 30.5 Å². The van der Waals surface area contributed by atoms with Crippen LogP contribution in [0.1, 0.15) is 28.9 Å². The van der Waals surface area contributed by atoms with Gasteiger partial charge in [-0.1, -0.05) is 19.6 Å². The fraction of sp³-hybridized carbons (Fsp3) is 0.545. The third-order valence-corrected chi connectivity index (χ3v) is 7.30. The number of hydrogen-bond acceptors (Lipinski definition) is 7. The van der Waals surface area contributed by atoms with Crippen molar-refractivity contribution in [2.75, 3.05) is 24.7 Å². The van der Waals surface area contributed by atoms with Gasteiger partial charge >= 0.3 is 12.1 Å². The SMILES string of the molecule is C[Si](C)(C)CCOCn1ncc(N2CCC[C@H]2COc2ccnc(C(=O)O)c2)c(C(F)(F)F)c1=O. The van der Waals surface area contributed by atoms with E-state index in [0.29, 0.717) is 30.7 Å². The van der Waals surface area contributed by atoms with Gasteiger partial charge in [-0.05, 0) is 25.0 Å². The summed E-state index contributed by atoms with van der Waals surface area (Å²) in [5.41, 5.74) is -3.04. The molecule has 0 amide bonds. The van der Waals surface area contributed by atoms with Gasteiger partial charge in [0.25, 0.3) is 5.56 Å². The second kappa shape index (κ2) is 10.8. The Bertz CT molecular complexity index is 1100. The Labute approximate surface area is 201 Å². The molecule has 1 aliphatic heterocycles. The van der Waals surface area contributed by atoms with E-state index in [1.807, 2.05) is 0 Å². The van der Waals surface area contributed by atoms with Gasteiger partial charge in [0.15, 0.2) is 5.69 Å². The summed E-state index contributed by atoms with van der Waals surface area (Å²) in [6.07, 6.45) is -1.41. The second-order valence-electron chi connectivity index (χ2n) is 9.54. The number of pyridine rings is 1. The highest BCUT2D eigenvalue weighted by molar-refractivity contribution is 6.76. The quantitative estimate of drug-likeness (QED) is 0.378. The first-order valence-electron chi connectivity index (χ1n) is 11.2. The number of aromatic carboxylic acids is 1. The van der Waals surface area contributed by atoms with Crippen molar-refractivity contribution in [1.82, 2.24) is 14.8 Å². The number of carbonyl (C=O) groups is 1. The number of carboxylic acids is 1. The highest BCUT2D eigenvalue weighted by atomic mass is 28.3. The first-order valence-corrected chi connectivity index (χ1v) is 14.9. The van der Waals surface area contributed by atoms with E-state index >= 15 is 0 Å². The monoisotopic (exact) mass is 514 g/mol. The lowest BCUT2D eigenvalue weighted by molar-refractivity contribution is -0.138. The molecule has 192 valence electrons. The highest BCUT2D eigenvalue weighted by Gasteiger charge is 2.41. The Morgan fingerprint density at radius 2 is 2.06 bits per heavy atom. The number of carboxylic acid groups (broad SMARTS) is 1. The van der Waals surface area contributed by atoms with Gasteiger partial charge in [0.2, 0.25) is 0 Å². The predicted octanol–water partition coefficient (Wildman–Crippen LogP) is 3.72. The van der Waals surface area contributed by atoms with Crippen LogP contribution >= 0.6 is 0 Å². The third kappa shape index (κ3) is 7.04. The number of aromatic nitrogens is 3. The number of hydrogen-bond donors (Lipinski definition) is 1. The normalized spacial score (nSPS) is 16.5. The van der Waals surface area contributed by atoms with Crippen LogP contribution in [0.2, 0.25) is 25.7 Å². The average molecular weight is 515 g/mol. The first kappa shape index (κ1) is 26.7. The van der Waals surface area contributed by atoms with Crippen molar-refractivity contribution in [3.8, 4) is 5.75 Å². The average Bonchev–Trinajstić information content (AvgIpc) is 3.23. The Hall–Kier alpha value is -2.93. The van der Waals surface area contributed by atoms with Crippen molar-refractivity contribution < 1.29 is 32.5 Å². The summed E-state index contributed by atoms with van der Waals surface area (Å²) in [6.45, 7) is 6.73. The fourth-order valence-electron chi connectivity index (χ4n) is 3.72. The van der Waals surface area contributed by atoms with Crippen molar-refractivity contribution in [2.45, 2.75) is 57.5 Å². The molecule has 1 saturated heterocycles. The van der Waals surface area contributed by atoms with E-state index in [1.165, 1.54) is 23.2 Å². The number of rotatable bonds is 10. The molecule has 0 radical (unpaired) electrons. The lowest BCUT2D eigenvalue weighted by atomic mass is 10.2. The Balaban J connectivity index is 1.79. The summed E-state index contributed by atoms with van der Waals surface area (Å²) < 4.78 is 53.8. The largest absolute Gasteiger partial charge is 0.491 e. The zero-order valence-corrected chi connectivity index (χ0v) is 20.8. The summed E-state index contributed by atoms with van der Waals surface area (Å²) in [5, 5.41) is 13.0. The minimum atomic E-state index is -4.88. The molecule has 0 unspecified atom stereocenters. The number of halogens is 3. The zero-order chi connectivity index (χ0) is 25.8. The van der Waals surface area contributed by atoms with E-state index in [2.05, 4.69) is 29.7 Å². The molecule has 0 aromatic carbocycles. The van der Waals surface area contributed by atoms with Crippen molar-refractivity contribution >= 4 is 19.7 Å². The number of alkyl halides is 3. The molecule has 0 bridgehead atoms. The van der Waals surface area contributed by atoms with Crippen LogP contribution in [0.4, 0.5) is 18.9 Å². The molecule has 9 nitrogen and oxygen atoms in total. The zero-order valence-electron chi connectivity index (χ0n) is 19.8. The summed E-state index contributed by atoms with van der Waals surface area (Å²) >= 11 is 0. The molecule has 0 spiro atoms. The van der Waals surface area contributed by atoms with Crippen LogP contribution in [0.5, 0.6) is 5.75 Å². The number of ether oxygens (including phenoxy) is 2. The third-order valence-electron chi connectivity index (χ3n) is 5.60. The van der Waals surface area contributed by atoms with Gasteiger partial charge < -0.3 is 19.5 Å². The van der Waals surface area contributed by atoms with Crippen LogP contribution in [0.15, 0.2) is 29.3 Å². The van der Waals surface area contributed by atoms with Gasteiger partial charge in [-0.3, -0.25) is 4.79 Å². The summed E-state index contributed by atoms with van der Waals surface area (Å²) in [6, 6.07) is 3.07. The van der Waals surface area contributed by atoms with E-state index in [0.717, 1.165) is 12.2 Å². The van der Waals surface area contributed by atoms with Crippen LogP contribution in [-0.4, -0.2) is 59.7 Å². The van der Waals surface area contributed by atoms with E-state index in [1.54, 1.807) is 0 Å².